The summed E-state index contributed by atoms with van der Waals surface area (Å²) in [5, 5.41) is 14.8. The van der Waals surface area contributed by atoms with Gasteiger partial charge in [0.2, 0.25) is 0 Å². The van der Waals surface area contributed by atoms with Crippen LogP contribution in [0.3, 0.4) is 0 Å². The molecule has 2 heterocycles. The average molecular weight is 324 g/mol. The van der Waals surface area contributed by atoms with Crippen LogP contribution in [0.1, 0.15) is 35.5 Å². The summed E-state index contributed by atoms with van der Waals surface area (Å²) >= 11 is 3.57. The highest BCUT2D eigenvalue weighted by atomic mass is 79.9. The topological polar surface area (TPSA) is 50.9 Å². The fourth-order valence-electron chi connectivity index (χ4n) is 2.10. The standard InChI is InChI=1S/C14H18BrN3O/c1-4-11-14(15)12(18(3)17-11)6-13(19)10-5-9(2)7-16-8-10/h5,7-8,13,19H,4,6H2,1-3H3. The second-order valence-electron chi connectivity index (χ2n) is 4.70. The molecule has 0 amide bonds. The first-order chi connectivity index (χ1) is 9.02. The first kappa shape index (κ1) is 14.2. The number of nitrogens with zero attached hydrogens (tertiary/aromatic N) is 3. The molecule has 102 valence electrons. The SMILES string of the molecule is CCc1nn(C)c(CC(O)c2cncc(C)c2)c1Br. The van der Waals surface area contributed by atoms with E-state index in [0.29, 0.717) is 6.42 Å². The number of rotatable bonds is 4. The van der Waals surface area contributed by atoms with Gasteiger partial charge in [-0.2, -0.15) is 5.10 Å². The Balaban J connectivity index is 2.24. The maximum atomic E-state index is 10.3. The van der Waals surface area contributed by atoms with Crippen LogP contribution in [0.4, 0.5) is 0 Å². The first-order valence-corrected chi connectivity index (χ1v) is 7.12. The van der Waals surface area contributed by atoms with Crippen molar-refractivity contribution in [2.45, 2.75) is 32.8 Å². The molecule has 1 unspecified atom stereocenters. The van der Waals surface area contributed by atoms with Gasteiger partial charge in [-0.1, -0.05) is 13.0 Å². The number of aliphatic hydroxyl groups is 1. The van der Waals surface area contributed by atoms with E-state index in [0.717, 1.165) is 33.4 Å². The van der Waals surface area contributed by atoms with Gasteiger partial charge in [-0.15, -0.1) is 0 Å². The smallest absolute Gasteiger partial charge is 0.0860 e. The molecule has 2 rings (SSSR count). The minimum atomic E-state index is -0.566. The monoisotopic (exact) mass is 323 g/mol. The molecule has 1 atom stereocenters. The molecule has 0 saturated heterocycles. The Bertz CT molecular complexity index is 580. The van der Waals surface area contributed by atoms with Crippen LogP contribution < -0.4 is 0 Å². The summed E-state index contributed by atoms with van der Waals surface area (Å²) in [5.41, 5.74) is 3.92. The third-order valence-corrected chi connectivity index (χ3v) is 4.09. The van der Waals surface area contributed by atoms with E-state index in [4.69, 9.17) is 0 Å². The molecule has 0 fully saturated rings. The Morgan fingerprint density at radius 1 is 1.42 bits per heavy atom. The summed E-state index contributed by atoms with van der Waals surface area (Å²) in [5.74, 6) is 0. The van der Waals surface area contributed by atoms with Gasteiger partial charge in [0.05, 0.1) is 22.0 Å². The third kappa shape index (κ3) is 3.04. The summed E-state index contributed by atoms with van der Waals surface area (Å²) in [6.45, 7) is 4.04. The number of halogens is 1. The van der Waals surface area contributed by atoms with Crippen molar-refractivity contribution < 1.29 is 5.11 Å². The number of aromatic nitrogens is 3. The van der Waals surface area contributed by atoms with Crippen LogP contribution in [0.2, 0.25) is 0 Å². The van der Waals surface area contributed by atoms with Crippen LogP contribution >= 0.6 is 15.9 Å². The van der Waals surface area contributed by atoms with Crippen LogP contribution in [-0.4, -0.2) is 19.9 Å². The van der Waals surface area contributed by atoms with Gasteiger partial charge in [0.1, 0.15) is 0 Å². The number of aryl methyl sites for hydroxylation is 3. The molecule has 0 saturated carbocycles. The van der Waals surface area contributed by atoms with E-state index in [-0.39, 0.29) is 0 Å². The number of pyridine rings is 1. The molecule has 0 aliphatic heterocycles. The quantitative estimate of drug-likeness (QED) is 0.941. The summed E-state index contributed by atoms with van der Waals surface area (Å²) < 4.78 is 2.83. The Labute approximate surface area is 121 Å². The highest BCUT2D eigenvalue weighted by Gasteiger charge is 2.17. The molecule has 2 aromatic heterocycles. The molecule has 19 heavy (non-hydrogen) atoms. The molecule has 2 aromatic rings. The van der Waals surface area contributed by atoms with Crippen molar-refractivity contribution in [3.8, 4) is 0 Å². The molecule has 1 N–H and O–H groups in total. The van der Waals surface area contributed by atoms with Gasteiger partial charge in [0, 0.05) is 25.9 Å². The van der Waals surface area contributed by atoms with Crippen LogP contribution in [0, 0.1) is 6.92 Å². The van der Waals surface area contributed by atoms with Gasteiger partial charge in [-0.25, -0.2) is 0 Å². The molecule has 4 nitrogen and oxygen atoms in total. The Kier molecular flexibility index (Phi) is 4.37. The van der Waals surface area contributed by atoms with Crippen molar-refractivity contribution in [3.63, 3.8) is 0 Å². The van der Waals surface area contributed by atoms with E-state index in [1.54, 1.807) is 12.4 Å². The molecule has 0 aromatic carbocycles. The number of hydrogen-bond acceptors (Lipinski definition) is 3. The van der Waals surface area contributed by atoms with Crippen molar-refractivity contribution in [3.05, 3.63) is 45.4 Å². The summed E-state index contributed by atoms with van der Waals surface area (Å²) in [6.07, 6.45) is 4.32. The van der Waals surface area contributed by atoms with Crippen LogP contribution in [0.15, 0.2) is 22.9 Å². The zero-order valence-electron chi connectivity index (χ0n) is 11.4. The number of hydrogen-bond donors (Lipinski definition) is 1. The maximum absolute atomic E-state index is 10.3. The molecule has 0 spiro atoms. The molecule has 0 radical (unpaired) electrons. The molecular weight excluding hydrogens is 306 g/mol. The summed E-state index contributed by atoms with van der Waals surface area (Å²) in [6, 6.07) is 1.96. The normalized spacial score (nSPS) is 12.7. The molecule has 0 bridgehead atoms. The van der Waals surface area contributed by atoms with E-state index >= 15 is 0 Å². The van der Waals surface area contributed by atoms with Gasteiger partial charge >= 0.3 is 0 Å². The fraction of sp³-hybridized carbons (Fsp3) is 0.429. The lowest BCUT2D eigenvalue weighted by molar-refractivity contribution is 0.175. The fourth-order valence-corrected chi connectivity index (χ4v) is 2.88. The first-order valence-electron chi connectivity index (χ1n) is 6.32. The molecule has 5 heteroatoms. The highest BCUT2D eigenvalue weighted by molar-refractivity contribution is 9.10. The highest BCUT2D eigenvalue weighted by Crippen LogP contribution is 2.26. The average Bonchev–Trinajstić information content (AvgIpc) is 2.66. The summed E-state index contributed by atoms with van der Waals surface area (Å²) in [7, 11) is 1.90. The van der Waals surface area contributed by atoms with Gasteiger partial charge in [-0.3, -0.25) is 9.67 Å². The maximum Gasteiger partial charge on any atom is 0.0860 e. The predicted molar refractivity (Wildman–Crippen MR) is 77.9 cm³/mol. The second-order valence-corrected chi connectivity index (χ2v) is 5.49. The van der Waals surface area contributed by atoms with Gasteiger partial charge < -0.3 is 5.11 Å². The van der Waals surface area contributed by atoms with E-state index < -0.39 is 6.10 Å². The van der Waals surface area contributed by atoms with Crippen molar-refractivity contribution in [2.24, 2.45) is 7.05 Å². The van der Waals surface area contributed by atoms with Gasteiger partial charge in [0.25, 0.3) is 0 Å². The van der Waals surface area contributed by atoms with Gasteiger partial charge in [-0.05, 0) is 40.4 Å². The van der Waals surface area contributed by atoms with E-state index in [1.165, 1.54) is 0 Å². The Hall–Kier alpha value is -1.20. The van der Waals surface area contributed by atoms with Crippen molar-refractivity contribution in [2.75, 3.05) is 0 Å². The Morgan fingerprint density at radius 3 is 2.74 bits per heavy atom. The molecule has 0 aliphatic carbocycles. The zero-order chi connectivity index (χ0) is 14.0. The predicted octanol–water partition coefficient (Wildman–Crippen LogP) is 2.72. The third-order valence-electron chi connectivity index (χ3n) is 3.17. The second kappa shape index (κ2) is 5.84. The van der Waals surface area contributed by atoms with Crippen LogP contribution in [0.25, 0.3) is 0 Å². The van der Waals surface area contributed by atoms with E-state index in [9.17, 15) is 5.11 Å². The van der Waals surface area contributed by atoms with Crippen molar-refractivity contribution in [1.29, 1.82) is 0 Å². The van der Waals surface area contributed by atoms with Crippen LogP contribution in [-0.2, 0) is 19.9 Å². The minimum Gasteiger partial charge on any atom is -0.388 e. The van der Waals surface area contributed by atoms with Gasteiger partial charge in [0.15, 0.2) is 0 Å². The Morgan fingerprint density at radius 2 is 2.16 bits per heavy atom. The van der Waals surface area contributed by atoms with E-state index in [1.807, 2.05) is 24.7 Å². The van der Waals surface area contributed by atoms with Crippen molar-refractivity contribution >= 4 is 15.9 Å². The molecule has 0 aliphatic rings. The minimum absolute atomic E-state index is 0.523. The lowest BCUT2D eigenvalue weighted by Gasteiger charge is -2.12. The zero-order valence-corrected chi connectivity index (χ0v) is 13.0. The lowest BCUT2D eigenvalue weighted by atomic mass is 10.1. The molecular formula is C14H18BrN3O. The summed E-state index contributed by atoms with van der Waals surface area (Å²) in [4.78, 5) is 4.12. The lowest BCUT2D eigenvalue weighted by Crippen LogP contribution is -2.07. The largest absolute Gasteiger partial charge is 0.388 e. The van der Waals surface area contributed by atoms with E-state index in [2.05, 4.69) is 32.9 Å². The van der Waals surface area contributed by atoms with Crippen molar-refractivity contribution in [1.82, 2.24) is 14.8 Å². The van der Waals surface area contributed by atoms with Crippen LogP contribution in [0.5, 0.6) is 0 Å². The number of aliphatic hydroxyl groups excluding tert-OH is 1.